The van der Waals surface area contributed by atoms with Gasteiger partial charge in [0, 0.05) is 18.1 Å². The molecule has 1 aliphatic carbocycles. The molecule has 1 saturated carbocycles. The van der Waals surface area contributed by atoms with E-state index in [1.54, 1.807) is 0 Å². The molecule has 0 radical (unpaired) electrons. The highest BCUT2D eigenvalue weighted by Gasteiger charge is 2.39. The van der Waals surface area contributed by atoms with E-state index in [-0.39, 0.29) is 0 Å². The molecular formula is C19H38N2. The summed E-state index contributed by atoms with van der Waals surface area (Å²) in [6.07, 6.45) is 6.94. The number of nitrogens with one attached hydrogen (secondary N) is 1. The summed E-state index contributed by atoms with van der Waals surface area (Å²) in [4.78, 5) is 2.77. The average Bonchev–Trinajstić information content (AvgIpc) is 2.70. The molecule has 0 aromatic heterocycles. The quantitative estimate of drug-likeness (QED) is 0.831. The topological polar surface area (TPSA) is 15.3 Å². The van der Waals surface area contributed by atoms with Crippen LogP contribution in [-0.2, 0) is 0 Å². The van der Waals surface area contributed by atoms with E-state index < -0.39 is 0 Å². The largest absolute Gasteiger partial charge is 0.314 e. The Kier molecular flexibility index (Phi) is 5.41. The normalized spacial score (nSPS) is 34.3. The van der Waals surface area contributed by atoms with Gasteiger partial charge in [0.2, 0.25) is 0 Å². The minimum absolute atomic E-state index is 0.422. The third-order valence-electron chi connectivity index (χ3n) is 6.20. The van der Waals surface area contributed by atoms with Crippen LogP contribution in [0.4, 0.5) is 0 Å². The van der Waals surface area contributed by atoms with Crippen molar-refractivity contribution in [2.24, 2.45) is 17.3 Å². The number of hydrogen-bond donors (Lipinski definition) is 1. The highest BCUT2D eigenvalue weighted by molar-refractivity contribution is 4.94. The Morgan fingerprint density at radius 2 is 1.90 bits per heavy atom. The molecule has 0 bridgehead atoms. The van der Waals surface area contributed by atoms with Gasteiger partial charge < -0.3 is 5.32 Å². The molecule has 2 fully saturated rings. The van der Waals surface area contributed by atoms with Crippen LogP contribution in [0.25, 0.3) is 0 Å². The molecule has 124 valence electrons. The minimum Gasteiger partial charge on any atom is -0.314 e. The fourth-order valence-electron chi connectivity index (χ4n) is 4.57. The van der Waals surface area contributed by atoms with Gasteiger partial charge in [-0.1, -0.05) is 27.7 Å². The zero-order valence-corrected chi connectivity index (χ0v) is 15.3. The van der Waals surface area contributed by atoms with Gasteiger partial charge in [-0.3, -0.25) is 4.90 Å². The van der Waals surface area contributed by atoms with Gasteiger partial charge in [-0.05, 0) is 76.3 Å². The lowest BCUT2D eigenvalue weighted by atomic mass is 9.67. The van der Waals surface area contributed by atoms with Crippen molar-refractivity contribution in [1.29, 1.82) is 0 Å². The van der Waals surface area contributed by atoms with Crippen molar-refractivity contribution in [3.8, 4) is 0 Å². The second kappa shape index (κ2) is 6.58. The van der Waals surface area contributed by atoms with Gasteiger partial charge in [-0.25, -0.2) is 0 Å². The minimum atomic E-state index is 0.422. The predicted octanol–water partition coefficient (Wildman–Crippen LogP) is 4.30. The molecule has 0 aromatic rings. The van der Waals surface area contributed by atoms with Gasteiger partial charge in [0.1, 0.15) is 0 Å². The van der Waals surface area contributed by atoms with E-state index in [0.29, 0.717) is 11.0 Å². The van der Waals surface area contributed by atoms with Gasteiger partial charge in [0.25, 0.3) is 0 Å². The maximum Gasteiger partial charge on any atom is 0.0153 e. The molecule has 21 heavy (non-hydrogen) atoms. The van der Waals surface area contributed by atoms with Crippen molar-refractivity contribution in [3.63, 3.8) is 0 Å². The summed E-state index contributed by atoms with van der Waals surface area (Å²) in [5.74, 6) is 1.73. The third-order valence-corrected chi connectivity index (χ3v) is 6.20. The van der Waals surface area contributed by atoms with Gasteiger partial charge in [-0.2, -0.15) is 0 Å². The van der Waals surface area contributed by atoms with Crippen molar-refractivity contribution in [2.45, 2.75) is 85.2 Å². The van der Waals surface area contributed by atoms with E-state index in [1.807, 2.05) is 0 Å². The van der Waals surface area contributed by atoms with Gasteiger partial charge >= 0.3 is 0 Å². The lowest BCUT2D eigenvalue weighted by Crippen LogP contribution is -2.50. The van der Waals surface area contributed by atoms with Crippen LogP contribution in [0.1, 0.15) is 73.6 Å². The Morgan fingerprint density at radius 3 is 2.43 bits per heavy atom. The SMILES string of the molecule is CCNC1CCC(C(C)(C)C)CC1CN1CCCC1(C)C. The molecule has 0 spiro atoms. The molecule has 1 heterocycles. The van der Waals surface area contributed by atoms with Crippen molar-refractivity contribution < 1.29 is 0 Å². The maximum absolute atomic E-state index is 3.78. The fourth-order valence-corrected chi connectivity index (χ4v) is 4.57. The Bertz CT molecular complexity index is 329. The Balaban J connectivity index is 2.03. The number of nitrogens with zero attached hydrogens (tertiary/aromatic N) is 1. The molecular weight excluding hydrogens is 256 g/mol. The molecule has 2 rings (SSSR count). The van der Waals surface area contributed by atoms with Crippen molar-refractivity contribution in [3.05, 3.63) is 0 Å². The van der Waals surface area contributed by atoms with E-state index in [4.69, 9.17) is 0 Å². The van der Waals surface area contributed by atoms with Crippen molar-refractivity contribution in [2.75, 3.05) is 19.6 Å². The summed E-state index contributed by atoms with van der Waals surface area (Å²) >= 11 is 0. The first-order valence-electron chi connectivity index (χ1n) is 9.22. The molecule has 3 unspecified atom stereocenters. The molecule has 0 aromatic carbocycles. The maximum atomic E-state index is 3.78. The predicted molar refractivity (Wildman–Crippen MR) is 92.6 cm³/mol. The first-order valence-corrected chi connectivity index (χ1v) is 9.22. The highest BCUT2D eigenvalue weighted by atomic mass is 15.2. The molecule has 1 N–H and O–H groups in total. The van der Waals surface area contributed by atoms with Crippen molar-refractivity contribution >= 4 is 0 Å². The first kappa shape index (κ1) is 17.3. The number of rotatable bonds is 4. The average molecular weight is 295 g/mol. The van der Waals surface area contributed by atoms with Crippen LogP contribution in [0, 0.1) is 17.3 Å². The molecule has 2 heteroatoms. The smallest absolute Gasteiger partial charge is 0.0153 e. The van der Waals surface area contributed by atoms with E-state index >= 15 is 0 Å². The van der Waals surface area contributed by atoms with Crippen LogP contribution in [0.3, 0.4) is 0 Å². The van der Waals surface area contributed by atoms with Crippen molar-refractivity contribution in [1.82, 2.24) is 10.2 Å². The molecule has 2 aliphatic rings. The molecule has 2 nitrogen and oxygen atoms in total. The van der Waals surface area contributed by atoms with E-state index in [0.717, 1.165) is 24.4 Å². The second-order valence-electron chi connectivity index (χ2n) is 9.16. The number of hydrogen-bond acceptors (Lipinski definition) is 2. The van der Waals surface area contributed by atoms with Gasteiger partial charge in [0.05, 0.1) is 0 Å². The highest BCUT2D eigenvalue weighted by Crippen LogP contribution is 2.41. The van der Waals surface area contributed by atoms with Gasteiger partial charge in [-0.15, -0.1) is 0 Å². The van der Waals surface area contributed by atoms with Crippen LogP contribution in [0.15, 0.2) is 0 Å². The summed E-state index contributed by atoms with van der Waals surface area (Å²) in [6.45, 7) is 18.2. The Hall–Kier alpha value is -0.0800. The number of likely N-dealkylation sites (tertiary alicyclic amines) is 1. The third kappa shape index (κ3) is 4.22. The summed E-state index contributed by atoms with van der Waals surface area (Å²) in [5, 5.41) is 3.78. The second-order valence-corrected chi connectivity index (χ2v) is 9.16. The van der Waals surface area contributed by atoms with E-state index in [2.05, 4.69) is 51.8 Å². The first-order chi connectivity index (χ1) is 9.74. The standard InChI is InChI=1S/C19H38N2/c1-7-20-17-10-9-16(18(2,3)4)13-15(17)14-21-12-8-11-19(21,5)6/h15-17,20H,7-14H2,1-6H3. The van der Waals surface area contributed by atoms with Crippen LogP contribution < -0.4 is 5.32 Å². The van der Waals surface area contributed by atoms with E-state index in [1.165, 1.54) is 45.2 Å². The monoisotopic (exact) mass is 294 g/mol. The summed E-state index contributed by atoms with van der Waals surface area (Å²) < 4.78 is 0. The van der Waals surface area contributed by atoms with Crippen LogP contribution >= 0.6 is 0 Å². The van der Waals surface area contributed by atoms with Crippen LogP contribution in [-0.4, -0.2) is 36.1 Å². The summed E-state index contributed by atoms with van der Waals surface area (Å²) in [6, 6.07) is 0.741. The zero-order valence-electron chi connectivity index (χ0n) is 15.3. The molecule has 0 amide bonds. The van der Waals surface area contributed by atoms with Crippen LogP contribution in [0.2, 0.25) is 0 Å². The van der Waals surface area contributed by atoms with E-state index in [9.17, 15) is 0 Å². The van der Waals surface area contributed by atoms with Crippen LogP contribution in [0.5, 0.6) is 0 Å². The molecule has 1 aliphatic heterocycles. The lowest BCUT2D eigenvalue weighted by Gasteiger charge is -2.45. The fraction of sp³-hybridized carbons (Fsp3) is 1.00. The Labute approximate surface area is 133 Å². The molecule has 1 saturated heterocycles. The lowest BCUT2D eigenvalue weighted by molar-refractivity contribution is 0.0677. The summed E-state index contributed by atoms with van der Waals surface area (Å²) in [5.41, 5.74) is 0.890. The summed E-state index contributed by atoms with van der Waals surface area (Å²) in [7, 11) is 0. The zero-order chi connectivity index (χ0) is 15.7. The molecule has 3 atom stereocenters. The van der Waals surface area contributed by atoms with Gasteiger partial charge in [0.15, 0.2) is 0 Å². The Morgan fingerprint density at radius 1 is 1.19 bits per heavy atom.